The molecule has 1 saturated carbocycles. The predicted octanol–water partition coefficient (Wildman–Crippen LogP) is 2.19. The minimum atomic E-state index is 0.341. The van der Waals surface area contributed by atoms with Crippen LogP contribution in [0, 0.1) is 0 Å². The van der Waals surface area contributed by atoms with Crippen molar-refractivity contribution in [3.8, 4) is 0 Å². The fraction of sp³-hybridized carbons (Fsp3) is 0.769. The van der Waals surface area contributed by atoms with Gasteiger partial charge in [-0.3, -0.25) is 0 Å². The van der Waals surface area contributed by atoms with Crippen molar-refractivity contribution in [2.45, 2.75) is 51.2 Å². The summed E-state index contributed by atoms with van der Waals surface area (Å²) in [5.41, 5.74) is 0.341. The molecule has 1 aromatic heterocycles. The highest BCUT2D eigenvalue weighted by molar-refractivity contribution is 5.27. The van der Waals surface area contributed by atoms with E-state index >= 15 is 0 Å². The summed E-state index contributed by atoms with van der Waals surface area (Å²) in [6.07, 6.45) is 7.89. The van der Waals surface area contributed by atoms with Crippen LogP contribution < -0.4 is 5.32 Å². The van der Waals surface area contributed by atoms with Crippen LogP contribution in [0.1, 0.15) is 33.1 Å². The van der Waals surface area contributed by atoms with Gasteiger partial charge in [-0.1, -0.05) is 0 Å². The fourth-order valence-corrected chi connectivity index (χ4v) is 2.48. The van der Waals surface area contributed by atoms with Crippen LogP contribution in [0.2, 0.25) is 0 Å². The molecule has 2 rings (SSSR count). The van der Waals surface area contributed by atoms with Gasteiger partial charge in [0.2, 0.25) is 5.95 Å². The monoisotopic (exact) mass is 236 g/mol. The van der Waals surface area contributed by atoms with Crippen LogP contribution in [0.3, 0.4) is 0 Å². The van der Waals surface area contributed by atoms with Crippen LogP contribution in [-0.2, 0) is 6.54 Å². The van der Waals surface area contributed by atoms with Gasteiger partial charge in [0.25, 0.3) is 0 Å². The normalized spacial score (nSPS) is 18.5. The maximum Gasteiger partial charge on any atom is 0.203 e. The van der Waals surface area contributed by atoms with Crippen LogP contribution >= 0.6 is 0 Å². The number of nitrogens with zero attached hydrogens (tertiary/aromatic N) is 3. The van der Waals surface area contributed by atoms with Gasteiger partial charge >= 0.3 is 0 Å². The molecule has 4 heteroatoms. The Labute approximate surface area is 104 Å². The van der Waals surface area contributed by atoms with E-state index in [1.165, 1.54) is 19.3 Å². The van der Waals surface area contributed by atoms with Crippen LogP contribution in [0.15, 0.2) is 12.4 Å². The molecule has 0 radical (unpaired) electrons. The summed E-state index contributed by atoms with van der Waals surface area (Å²) in [6, 6.07) is 0.424. The third-order valence-electron chi connectivity index (χ3n) is 3.83. The molecule has 0 unspecified atom stereocenters. The van der Waals surface area contributed by atoms with E-state index in [0.717, 1.165) is 12.5 Å². The maximum absolute atomic E-state index is 4.39. The van der Waals surface area contributed by atoms with E-state index in [2.05, 4.69) is 53.9 Å². The second kappa shape index (κ2) is 4.69. The van der Waals surface area contributed by atoms with Crippen LogP contribution in [0.25, 0.3) is 0 Å². The zero-order chi connectivity index (χ0) is 12.5. The Morgan fingerprint density at radius 1 is 1.47 bits per heavy atom. The molecule has 1 aliphatic rings. The van der Waals surface area contributed by atoms with E-state index in [-0.39, 0.29) is 0 Å². The number of rotatable bonds is 5. The van der Waals surface area contributed by atoms with E-state index in [0.29, 0.717) is 11.6 Å². The highest BCUT2D eigenvalue weighted by Gasteiger charge is 2.39. The SMILES string of the molecule is CC(C)Nc1nccn1CC1(N(C)C)CCC1. The Balaban J connectivity index is 2.10. The van der Waals surface area contributed by atoms with E-state index in [9.17, 15) is 0 Å². The van der Waals surface area contributed by atoms with Crippen LogP contribution in [0.5, 0.6) is 0 Å². The Morgan fingerprint density at radius 3 is 2.65 bits per heavy atom. The lowest BCUT2D eigenvalue weighted by atomic mass is 9.75. The molecular formula is C13H24N4. The van der Waals surface area contributed by atoms with Crippen molar-refractivity contribution in [1.82, 2.24) is 14.5 Å². The van der Waals surface area contributed by atoms with E-state index in [1.807, 2.05) is 6.20 Å². The number of hydrogen-bond acceptors (Lipinski definition) is 3. The first-order valence-corrected chi connectivity index (χ1v) is 6.49. The van der Waals surface area contributed by atoms with Gasteiger partial charge in [0.15, 0.2) is 0 Å². The van der Waals surface area contributed by atoms with Crippen molar-refractivity contribution >= 4 is 5.95 Å². The zero-order valence-corrected chi connectivity index (χ0v) is 11.4. The molecule has 0 atom stereocenters. The number of aromatic nitrogens is 2. The lowest BCUT2D eigenvalue weighted by Crippen LogP contribution is -2.53. The molecule has 1 heterocycles. The minimum Gasteiger partial charge on any atom is -0.353 e. The smallest absolute Gasteiger partial charge is 0.203 e. The summed E-state index contributed by atoms with van der Waals surface area (Å²) < 4.78 is 2.25. The van der Waals surface area contributed by atoms with Crippen molar-refractivity contribution in [1.29, 1.82) is 0 Å². The van der Waals surface area contributed by atoms with Gasteiger partial charge in [-0.2, -0.15) is 0 Å². The number of anilines is 1. The quantitative estimate of drug-likeness (QED) is 0.850. The lowest BCUT2D eigenvalue weighted by molar-refractivity contribution is 0.0429. The van der Waals surface area contributed by atoms with Gasteiger partial charge in [0.1, 0.15) is 0 Å². The van der Waals surface area contributed by atoms with Gasteiger partial charge in [-0.15, -0.1) is 0 Å². The van der Waals surface area contributed by atoms with Crippen molar-refractivity contribution in [2.24, 2.45) is 0 Å². The van der Waals surface area contributed by atoms with Crippen LogP contribution in [-0.4, -0.2) is 40.1 Å². The first-order valence-electron chi connectivity index (χ1n) is 6.49. The molecule has 0 aliphatic heterocycles. The Kier molecular flexibility index (Phi) is 3.43. The molecule has 1 aromatic rings. The zero-order valence-electron chi connectivity index (χ0n) is 11.4. The van der Waals surface area contributed by atoms with Gasteiger partial charge in [0.05, 0.1) is 0 Å². The second-order valence-electron chi connectivity index (χ2n) is 5.65. The van der Waals surface area contributed by atoms with E-state index in [1.54, 1.807) is 0 Å². The van der Waals surface area contributed by atoms with Crippen molar-refractivity contribution < 1.29 is 0 Å². The molecule has 4 nitrogen and oxygen atoms in total. The average molecular weight is 236 g/mol. The molecule has 1 N–H and O–H groups in total. The van der Waals surface area contributed by atoms with Crippen molar-refractivity contribution in [3.05, 3.63) is 12.4 Å². The second-order valence-corrected chi connectivity index (χ2v) is 5.65. The summed E-state index contributed by atoms with van der Waals surface area (Å²) in [4.78, 5) is 6.76. The van der Waals surface area contributed by atoms with Crippen molar-refractivity contribution in [2.75, 3.05) is 19.4 Å². The topological polar surface area (TPSA) is 33.1 Å². The third-order valence-corrected chi connectivity index (χ3v) is 3.83. The molecule has 0 bridgehead atoms. The third kappa shape index (κ3) is 2.46. The van der Waals surface area contributed by atoms with Gasteiger partial charge in [0, 0.05) is 30.5 Å². The summed E-state index contributed by atoms with van der Waals surface area (Å²) in [7, 11) is 4.37. The molecule has 96 valence electrons. The number of hydrogen-bond donors (Lipinski definition) is 1. The van der Waals surface area contributed by atoms with E-state index < -0.39 is 0 Å². The van der Waals surface area contributed by atoms with Gasteiger partial charge < -0.3 is 14.8 Å². The summed E-state index contributed by atoms with van der Waals surface area (Å²) in [5.74, 6) is 0.994. The summed E-state index contributed by atoms with van der Waals surface area (Å²) in [5, 5.41) is 3.40. The molecule has 1 fully saturated rings. The molecule has 0 amide bonds. The summed E-state index contributed by atoms with van der Waals surface area (Å²) >= 11 is 0. The van der Waals surface area contributed by atoms with Crippen LogP contribution in [0.4, 0.5) is 5.95 Å². The number of imidazole rings is 1. The molecule has 0 spiro atoms. The molecule has 17 heavy (non-hydrogen) atoms. The van der Waals surface area contributed by atoms with Crippen molar-refractivity contribution in [3.63, 3.8) is 0 Å². The Bertz CT molecular complexity index is 363. The molecule has 0 aromatic carbocycles. The maximum atomic E-state index is 4.39. The number of likely N-dealkylation sites (N-methyl/N-ethyl adjacent to an activating group) is 1. The molecule has 0 saturated heterocycles. The summed E-state index contributed by atoms with van der Waals surface area (Å²) in [6.45, 7) is 5.32. The molecule has 1 aliphatic carbocycles. The highest BCUT2D eigenvalue weighted by Crippen LogP contribution is 2.38. The minimum absolute atomic E-state index is 0.341. The van der Waals surface area contributed by atoms with Gasteiger partial charge in [-0.05, 0) is 47.2 Å². The van der Waals surface area contributed by atoms with Gasteiger partial charge in [-0.25, -0.2) is 4.98 Å². The predicted molar refractivity (Wildman–Crippen MR) is 71.3 cm³/mol. The standard InChI is InChI=1S/C13H24N4/c1-11(2)15-12-14-8-9-17(12)10-13(16(3)4)6-5-7-13/h8-9,11H,5-7,10H2,1-4H3,(H,14,15). The largest absolute Gasteiger partial charge is 0.353 e. The van der Waals surface area contributed by atoms with E-state index in [4.69, 9.17) is 0 Å². The first-order chi connectivity index (χ1) is 8.03. The fourth-order valence-electron chi connectivity index (χ4n) is 2.48. The molecular weight excluding hydrogens is 212 g/mol. The highest BCUT2D eigenvalue weighted by atomic mass is 15.3. The average Bonchev–Trinajstić information content (AvgIpc) is 2.57. The first kappa shape index (κ1) is 12.4. The Hall–Kier alpha value is -1.03. The number of nitrogens with one attached hydrogen (secondary N) is 1. The lowest BCUT2D eigenvalue weighted by Gasteiger charge is -2.47. The Morgan fingerprint density at radius 2 is 2.18 bits per heavy atom.